The number of anilines is 1. The maximum atomic E-state index is 10.8. The van der Waals surface area contributed by atoms with Crippen LogP contribution in [0.25, 0.3) is 6.08 Å². The first-order valence-corrected chi connectivity index (χ1v) is 2.86. The van der Waals surface area contributed by atoms with Gasteiger partial charge in [0.25, 0.3) is 0 Å². The normalized spacial score (nSPS) is 9.20. The van der Waals surface area contributed by atoms with Crippen LogP contribution < -0.4 is 10.5 Å². The molecule has 0 saturated carbocycles. The van der Waals surface area contributed by atoms with Gasteiger partial charge in [0.1, 0.15) is 5.69 Å². The van der Waals surface area contributed by atoms with Crippen LogP contribution in [0.5, 0.6) is 0 Å². The van der Waals surface area contributed by atoms with Gasteiger partial charge in [0.05, 0.1) is 0 Å². The van der Waals surface area contributed by atoms with E-state index >= 15 is 0 Å². The van der Waals surface area contributed by atoms with Gasteiger partial charge >= 0.3 is 0 Å². The molecule has 1 aromatic heterocycles. The van der Waals surface area contributed by atoms with E-state index in [1.807, 2.05) is 0 Å². The van der Waals surface area contributed by atoms with E-state index in [1.165, 1.54) is 12.3 Å². The Morgan fingerprint density at radius 2 is 2.40 bits per heavy atom. The monoisotopic (exact) mass is 136 g/mol. The molecule has 0 bridgehead atoms. The molecular weight excluding hydrogens is 128 g/mol. The Morgan fingerprint density at radius 1 is 1.70 bits per heavy atom. The molecule has 0 amide bonds. The third kappa shape index (κ3) is 0.932. The molecule has 0 fully saturated rings. The van der Waals surface area contributed by atoms with Gasteiger partial charge in [0.15, 0.2) is 6.20 Å². The van der Waals surface area contributed by atoms with E-state index in [4.69, 9.17) is 5.73 Å². The van der Waals surface area contributed by atoms with Crippen LogP contribution in [0.1, 0.15) is 5.69 Å². The lowest BCUT2D eigenvalue weighted by molar-refractivity contribution is -0.606. The second kappa shape index (κ2) is 2.39. The van der Waals surface area contributed by atoms with Crippen LogP contribution >= 0.6 is 0 Å². The van der Waals surface area contributed by atoms with Crippen LogP contribution in [-0.4, -0.2) is 0 Å². The van der Waals surface area contributed by atoms with Gasteiger partial charge in [-0.2, -0.15) is 4.73 Å². The zero-order chi connectivity index (χ0) is 7.56. The molecule has 52 valence electrons. The molecule has 0 spiro atoms. The zero-order valence-electron chi connectivity index (χ0n) is 5.45. The zero-order valence-corrected chi connectivity index (χ0v) is 5.45. The Kier molecular flexibility index (Phi) is 1.58. The van der Waals surface area contributed by atoms with Crippen molar-refractivity contribution in [1.29, 1.82) is 0 Å². The average molecular weight is 136 g/mol. The van der Waals surface area contributed by atoms with Gasteiger partial charge in [-0.1, -0.05) is 6.58 Å². The number of nitrogen functional groups attached to an aromatic ring is 1. The Bertz CT molecular complexity index is 238. The Labute approximate surface area is 59.0 Å². The molecule has 2 N–H and O–H groups in total. The van der Waals surface area contributed by atoms with Crippen molar-refractivity contribution in [2.24, 2.45) is 0 Å². The Hall–Kier alpha value is -1.51. The van der Waals surface area contributed by atoms with Crippen LogP contribution in [0.4, 0.5) is 5.69 Å². The Balaban J connectivity index is 3.30. The molecule has 0 unspecified atom stereocenters. The number of rotatable bonds is 1. The van der Waals surface area contributed by atoms with Gasteiger partial charge in [-0.05, 0) is 6.07 Å². The average Bonchev–Trinajstić information content (AvgIpc) is 1.88. The van der Waals surface area contributed by atoms with Gasteiger partial charge in [-0.25, -0.2) is 0 Å². The largest absolute Gasteiger partial charge is 0.618 e. The van der Waals surface area contributed by atoms with Gasteiger partial charge in [0.2, 0.25) is 5.69 Å². The van der Waals surface area contributed by atoms with Gasteiger partial charge in [0, 0.05) is 12.1 Å². The predicted octanol–water partition coefficient (Wildman–Crippen LogP) is 0.545. The van der Waals surface area contributed by atoms with Gasteiger partial charge in [-0.3, -0.25) is 0 Å². The summed E-state index contributed by atoms with van der Waals surface area (Å²) >= 11 is 0. The number of nitrogens with two attached hydrogens (primary N) is 1. The molecule has 10 heavy (non-hydrogen) atoms. The smallest absolute Gasteiger partial charge is 0.239 e. The van der Waals surface area contributed by atoms with Gasteiger partial charge < -0.3 is 10.9 Å². The minimum absolute atomic E-state index is 0.405. The van der Waals surface area contributed by atoms with E-state index in [0.717, 1.165) is 0 Å². The highest BCUT2D eigenvalue weighted by atomic mass is 16.5. The van der Waals surface area contributed by atoms with Crippen molar-refractivity contribution < 1.29 is 4.73 Å². The van der Waals surface area contributed by atoms with Crippen molar-refractivity contribution in [1.82, 2.24) is 0 Å². The predicted molar refractivity (Wildman–Crippen MR) is 39.9 cm³/mol. The van der Waals surface area contributed by atoms with Crippen LogP contribution in [0.15, 0.2) is 24.9 Å². The van der Waals surface area contributed by atoms with Crippen molar-refractivity contribution in [2.75, 3.05) is 5.73 Å². The highest BCUT2D eigenvalue weighted by Gasteiger charge is 2.02. The lowest BCUT2D eigenvalue weighted by atomic mass is 10.3. The summed E-state index contributed by atoms with van der Waals surface area (Å²) in [7, 11) is 0. The molecule has 1 aromatic rings. The van der Waals surface area contributed by atoms with Gasteiger partial charge in [-0.15, -0.1) is 0 Å². The van der Waals surface area contributed by atoms with E-state index in [2.05, 4.69) is 6.58 Å². The summed E-state index contributed by atoms with van der Waals surface area (Å²) in [5, 5.41) is 10.8. The fourth-order valence-electron chi connectivity index (χ4n) is 0.726. The maximum absolute atomic E-state index is 10.8. The minimum Gasteiger partial charge on any atom is -0.618 e. The molecule has 3 heteroatoms. The maximum Gasteiger partial charge on any atom is 0.239 e. The highest BCUT2D eigenvalue weighted by molar-refractivity contribution is 5.56. The molecule has 0 radical (unpaired) electrons. The minimum atomic E-state index is 0.405. The van der Waals surface area contributed by atoms with Crippen LogP contribution in [0.3, 0.4) is 0 Å². The molecule has 0 aliphatic rings. The molecule has 1 rings (SSSR count). The van der Waals surface area contributed by atoms with Crippen molar-refractivity contribution in [3.8, 4) is 0 Å². The van der Waals surface area contributed by atoms with Crippen molar-refractivity contribution in [3.63, 3.8) is 0 Å². The van der Waals surface area contributed by atoms with E-state index in [-0.39, 0.29) is 0 Å². The summed E-state index contributed by atoms with van der Waals surface area (Å²) in [5.41, 5.74) is 6.30. The number of aromatic nitrogens is 1. The van der Waals surface area contributed by atoms with Crippen molar-refractivity contribution in [3.05, 3.63) is 35.8 Å². The van der Waals surface area contributed by atoms with Crippen LogP contribution in [0, 0.1) is 5.21 Å². The fourth-order valence-corrected chi connectivity index (χ4v) is 0.726. The third-order valence-electron chi connectivity index (χ3n) is 1.22. The summed E-state index contributed by atoms with van der Waals surface area (Å²) < 4.78 is 0.683. The molecule has 0 aromatic carbocycles. The molecule has 3 nitrogen and oxygen atoms in total. The number of pyridine rings is 1. The molecule has 0 aliphatic carbocycles. The summed E-state index contributed by atoms with van der Waals surface area (Å²) in [6.07, 6.45) is 2.82. The number of nitrogens with zero attached hydrogens (tertiary/aromatic N) is 1. The Morgan fingerprint density at radius 3 is 2.80 bits per heavy atom. The van der Waals surface area contributed by atoms with E-state index in [9.17, 15) is 5.21 Å². The molecule has 0 saturated heterocycles. The molecule has 0 aliphatic heterocycles. The lowest BCUT2D eigenvalue weighted by Gasteiger charge is -2.00. The quantitative estimate of drug-likeness (QED) is 0.452. The first-order chi connectivity index (χ1) is 4.75. The molecule has 0 atom stereocenters. The highest BCUT2D eigenvalue weighted by Crippen LogP contribution is 2.04. The summed E-state index contributed by atoms with van der Waals surface area (Å²) in [6, 6.07) is 3.25. The fraction of sp³-hybridized carbons (Fsp3) is 0. The van der Waals surface area contributed by atoms with E-state index in [0.29, 0.717) is 16.1 Å². The number of hydrogen-bond acceptors (Lipinski definition) is 2. The molecular formula is C7H8N2O. The lowest BCUT2D eigenvalue weighted by Crippen LogP contribution is -2.29. The van der Waals surface area contributed by atoms with Crippen LogP contribution in [-0.2, 0) is 0 Å². The molecule has 1 heterocycles. The second-order valence-electron chi connectivity index (χ2n) is 1.88. The van der Waals surface area contributed by atoms with Crippen LogP contribution in [0.2, 0.25) is 0 Å². The van der Waals surface area contributed by atoms with Crippen molar-refractivity contribution in [2.45, 2.75) is 0 Å². The topological polar surface area (TPSA) is 53.0 Å². The van der Waals surface area contributed by atoms with E-state index < -0.39 is 0 Å². The standard InChI is InChI=1S/C7H8N2O/c1-2-7-6(8)4-3-5-9(7)10/h2-5H,1,8H2. The van der Waals surface area contributed by atoms with E-state index in [1.54, 1.807) is 12.1 Å². The first-order valence-electron chi connectivity index (χ1n) is 2.86. The third-order valence-corrected chi connectivity index (χ3v) is 1.22. The second-order valence-corrected chi connectivity index (χ2v) is 1.88. The number of hydrogen-bond donors (Lipinski definition) is 1. The summed E-state index contributed by atoms with van der Waals surface area (Å²) in [6.45, 7) is 3.45. The first kappa shape index (κ1) is 6.61. The summed E-state index contributed by atoms with van der Waals surface area (Å²) in [5.74, 6) is 0. The summed E-state index contributed by atoms with van der Waals surface area (Å²) in [4.78, 5) is 0. The van der Waals surface area contributed by atoms with Crippen molar-refractivity contribution >= 4 is 11.8 Å². The SMILES string of the molecule is C=Cc1c(N)ccc[n+]1[O-].